The molecule has 0 saturated heterocycles. The first-order valence-corrected chi connectivity index (χ1v) is 6.62. The molecule has 1 aromatic carbocycles. The maximum Gasteiger partial charge on any atom is 0.0341 e. The van der Waals surface area contributed by atoms with Crippen LogP contribution in [0.2, 0.25) is 0 Å². The molecule has 16 heavy (non-hydrogen) atoms. The quantitative estimate of drug-likeness (QED) is 0.656. The van der Waals surface area contributed by atoms with Crippen LogP contribution in [0.3, 0.4) is 0 Å². The van der Waals surface area contributed by atoms with Gasteiger partial charge < -0.3 is 0 Å². The molecule has 0 radical (unpaired) electrons. The van der Waals surface area contributed by atoms with Crippen LogP contribution >= 0.6 is 11.6 Å². The van der Waals surface area contributed by atoms with Gasteiger partial charge in [0.2, 0.25) is 0 Å². The molecule has 0 heterocycles. The van der Waals surface area contributed by atoms with Crippen LogP contribution in [0, 0.1) is 19.3 Å². The molecule has 0 N–H and O–H groups in total. The fourth-order valence-corrected chi connectivity index (χ4v) is 3.34. The first kappa shape index (κ1) is 12.0. The van der Waals surface area contributed by atoms with Crippen LogP contribution in [-0.2, 0) is 6.42 Å². The van der Waals surface area contributed by atoms with Gasteiger partial charge in [0.15, 0.2) is 0 Å². The fourth-order valence-electron chi connectivity index (χ4n) is 2.85. The molecule has 88 valence electrons. The number of hydrogen-bond donors (Lipinski definition) is 0. The van der Waals surface area contributed by atoms with Crippen molar-refractivity contribution < 1.29 is 0 Å². The van der Waals surface area contributed by atoms with Crippen LogP contribution in [0.15, 0.2) is 18.2 Å². The highest BCUT2D eigenvalue weighted by molar-refractivity contribution is 6.20. The summed E-state index contributed by atoms with van der Waals surface area (Å²) in [6, 6.07) is 6.77. The first-order valence-electron chi connectivity index (χ1n) is 6.19. The summed E-state index contributed by atoms with van der Waals surface area (Å²) in [5.41, 5.74) is 4.72. The van der Waals surface area contributed by atoms with Crippen molar-refractivity contribution in [3.63, 3.8) is 0 Å². The van der Waals surface area contributed by atoms with E-state index in [9.17, 15) is 0 Å². The minimum atomic E-state index is 0.398. The van der Waals surface area contributed by atoms with Crippen molar-refractivity contribution in [3.05, 3.63) is 34.9 Å². The van der Waals surface area contributed by atoms with E-state index in [4.69, 9.17) is 11.6 Å². The van der Waals surface area contributed by atoms with Gasteiger partial charge in [0.05, 0.1) is 0 Å². The standard InChI is InChI=1S/C15H21Cl/c1-11-4-5-12(2)13(8-11)9-15(3)7-6-14(16)10-15/h4-5,8,14H,6-7,9-10H2,1-3H3. The van der Waals surface area contributed by atoms with E-state index in [1.807, 2.05) is 0 Å². The molecule has 0 aliphatic heterocycles. The topological polar surface area (TPSA) is 0 Å². The van der Waals surface area contributed by atoms with Crippen LogP contribution in [0.25, 0.3) is 0 Å². The van der Waals surface area contributed by atoms with Crippen LogP contribution in [0.1, 0.15) is 42.9 Å². The van der Waals surface area contributed by atoms with E-state index in [1.165, 1.54) is 42.4 Å². The molecule has 2 rings (SSSR count). The van der Waals surface area contributed by atoms with E-state index in [-0.39, 0.29) is 0 Å². The van der Waals surface area contributed by atoms with Crippen LogP contribution in [-0.4, -0.2) is 5.38 Å². The largest absolute Gasteiger partial charge is 0.123 e. The second-order valence-electron chi connectivity index (χ2n) is 5.76. The van der Waals surface area contributed by atoms with Crippen molar-refractivity contribution in [3.8, 4) is 0 Å². The smallest absolute Gasteiger partial charge is 0.0341 e. The predicted molar refractivity (Wildman–Crippen MR) is 71.2 cm³/mol. The third kappa shape index (κ3) is 2.60. The van der Waals surface area contributed by atoms with Gasteiger partial charge in [0.1, 0.15) is 0 Å². The second kappa shape index (κ2) is 4.41. The summed E-state index contributed by atoms with van der Waals surface area (Å²) in [6.07, 6.45) is 4.81. The lowest BCUT2D eigenvalue weighted by molar-refractivity contribution is 0.334. The Balaban J connectivity index is 2.17. The van der Waals surface area contributed by atoms with E-state index >= 15 is 0 Å². The molecule has 0 spiro atoms. The summed E-state index contributed by atoms with van der Waals surface area (Å²) >= 11 is 6.23. The second-order valence-corrected chi connectivity index (χ2v) is 6.37. The Morgan fingerprint density at radius 3 is 2.75 bits per heavy atom. The Morgan fingerprint density at radius 1 is 1.38 bits per heavy atom. The lowest BCUT2D eigenvalue weighted by atomic mass is 9.81. The summed E-state index contributed by atoms with van der Waals surface area (Å²) < 4.78 is 0. The lowest BCUT2D eigenvalue weighted by Gasteiger charge is -2.25. The van der Waals surface area contributed by atoms with Crippen molar-refractivity contribution >= 4 is 11.6 Å². The summed E-state index contributed by atoms with van der Waals surface area (Å²) in [5, 5.41) is 0.398. The Bertz CT molecular complexity index is 383. The molecule has 1 aliphatic rings. The number of hydrogen-bond acceptors (Lipinski definition) is 0. The molecule has 0 nitrogen and oxygen atoms in total. The Kier molecular flexibility index (Phi) is 3.30. The molecule has 1 aliphatic carbocycles. The summed E-state index contributed by atoms with van der Waals surface area (Å²) in [4.78, 5) is 0. The van der Waals surface area contributed by atoms with Gasteiger partial charge in [-0.05, 0) is 56.1 Å². The molecular formula is C15H21Cl. The Labute approximate surface area is 104 Å². The average molecular weight is 237 g/mol. The highest BCUT2D eigenvalue weighted by atomic mass is 35.5. The number of halogens is 1. The predicted octanol–water partition coefficient (Wildman–Crippen LogP) is 4.64. The van der Waals surface area contributed by atoms with E-state index < -0.39 is 0 Å². The van der Waals surface area contributed by atoms with E-state index in [0.717, 1.165) is 0 Å². The average Bonchev–Trinajstić information content (AvgIpc) is 2.52. The Morgan fingerprint density at radius 2 is 2.12 bits per heavy atom. The van der Waals surface area contributed by atoms with Gasteiger partial charge in [0, 0.05) is 5.38 Å². The van der Waals surface area contributed by atoms with Crippen molar-refractivity contribution in [2.45, 2.75) is 51.8 Å². The number of rotatable bonds is 2. The molecule has 0 bridgehead atoms. The molecular weight excluding hydrogens is 216 g/mol. The van der Waals surface area contributed by atoms with E-state index in [2.05, 4.69) is 39.0 Å². The van der Waals surface area contributed by atoms with Crippen LogP contribution in [0.5, 0.6) is 0 Å². The number of benzene rings is 1. The lowest BCUT2D eigenvalue weighted by Crippen LogP contribution is -2.16. The van der Waals surface area contributed by atoms with Gasteiger partial charge in [-0.25, -0.2) is 0 Å². The van der Waals surface area contributed by atoms with E-state index in [0.29, 0.717) is 10.8 Å². The van der Waals surface area contributed by atoms with Crippen LogP contribution in [0.4, 0.5) is 0 Å². The Hall–Kier alpha value is -0.490. The van der Waals surface area contributed by atoms with Gasteiger partial charge in [-0.15, -0.1) is 11.6 Å². The van der Waals surface area contributed by atoms with Crippen molar-refractivity contribution in [1.82, 2.24) is 0 Å². The maximum absolute atomic E-state index is 6.23. The molecule has 1 aromatic rings. The molecule has 1 heteroatoms. The summed E-state index contributed by atoms with van der Waals surface area (Å²) in [7, 11) is 0. The van der Waals surface area contributed by atoms with Gasteiger partial charge in [-0.1, -0.05) is 30.7 Å². The van der Waals surface area contributed by atoms with Crippen molar-refractivity contribution in [2.24, 2.45) is 5.41 Å². The summed E-state index contributed by atoms with van der Waals surface area (Å²) in [6.45, 7) is 6.77. The van der Waals surface area contributed by atoms with Gasteiger partial charge in [-0.2, -0.15) is 0 Å². The zero-order valence-electron chi connectivity index (χ0n) is 10.5. The number of alkyl halides is 1. The first-order chi connectivity index (χ1) is 7.48. The molecule has 2 atom stereocenters. The molecule has 1 fully saturated rings. The highest BCUT2D eigenvalue weighted by Gasteiger charge is 2.34. The third-order valence-corrected chi connectivity index (χ3v) is 4.27. The van der Waals surface area contributed by atoms with Crippen LogP contribution < -0.4 is 0 Å². The van der Waals surface area contributed by atoms with Gasteiger partial charge in [0.25, 0.3) is 0 Å². The normalized spacial score (nSPS) is 29.6. The zero-order chi connectivity index (χ0) is 11.8. The monoisotopic (exact) mass is 236 g/mol. The minimum Gasteiger partial charge on any atom is -0.123 e. The molecule has 2 unspecified atom stereocenters. The highest BCUT2D eigenvalue weighted by Crippen LogP contribution is 2.43. The fraction of sp³-hybridized carbons (Fsp3) is 0.600. The van der Waals surface area contributed by atoms with Crippen molar-refractivity contribution in [2.75, 3.05) is 0 Å². The molecule has 0 amide bonds. The summed E-state index contributed by atoms with van der Waals surface area (Å²) in [5.74, 6) is 0. The minimum absolute atomic E-state index is 0.398. The SMILES string of the molecule is Cc1ccc(C)c(CC2(C)CCC(Cl)C2)c1. The zero-order valence-corrected chi connectivity index (χ0v) is 11.3. The maximum atomic E-state index is 6.23. The third-order valence-electron chi connectivity index (χ3n) is 3.90. The molecule has 0 aromatic heterocycles. The van der Waals surface area contributed by atoms with Crippen molar-refractivity contribution in [1.29, 1.82) is 0 Å². The van der Waals surface area contributed by atoms with E-state index in [1.54, 1.807) is 0 Å². The van der Waals surface area contributed by atoms with Gasteiger partial charge in [-0.3, -0.25) is 0 Å². The number of aryl methyl sites for hydroxylation is 2. The molecule has 1 saturated carbocycles. The van der Waals surface area contributed by atoms with Gasteiger partial charge >= 0.3 is 0 Å².